The van der Waals surface area contributed by atoms with Crippen molar-refractivity contribution < 1.29 is 4.48 Å². The van der Waals surface area contributed by atoms with E-state index in [1.807, 2.05) is 0 Å². The molecule has 70 valence electrons. The number of quaternary nitrogens is 1. The fourth-order valence-corrected chi connectivity index (χ4v) is 2.02. The average molecular weight is 177 g/mol. The van der Waals surface area contributed by atoms with E-state index in [-0.39, 0.29) is 0 Å². The van der Waals surface area contributed by atoms with E-state index < -0.39 is 0 Å². The van der Waals surface area contributed by atoms with Crippen LogP contribution in [0.4, 0.5) is 0 Å². The van der Waals surface area contributed by atoms with E-state index in [1.165, 1.54) is 12.1 Å². The summed E-state index contributed by atoms with van der Waals surface area (Å²) in [4.78, 5) is 0. The van der Waals surface area contributed by atoms with E-state index >= 15 is 0 Å². The van der Waals surface area contributed by atoms with Gasteiger partial charge in [0.15, 0.2) is 6.17 Å². The first-order chi connectivity index (χ1) is 6.20. The zero-order valence-corrected chi connectivity index (χ0v) is 8.33. The van der Waals surface area contributed by atoms with Crippen LogP contribution in [0.1, 0.15) is 11.7 Å². The van der Waals surface area contributed by atoms with Gasteiger partial charge in [0.2, 0.25) is 0 Å². The quantitative estimate of drug-likeness (QED) is 0.639. The number of nitrogens with one attached hydrogen (secondary N) is 1. The van der Waals surface area contributed by atoms with E-state index in [4.69, 9.17) is 0 Å². The molecule has 2 heteroatoms. The molecular formula is C11H17N2+. The summed E-state index contributed by atoms with van der Waals surface area (Å²) in [5.74, 6) is 0. The number of hydrogen-bond acceptors (Lipinski definition) is 1. The van der Waals surface area contributed by atoms with Crippen molar-refractivity contribution in [3.63, 3.8) is 0 Å². The van der Waals surface area contributed by atoms with Gasteiger partial charge in [-0.25, -0.2) is 0 Å². The van der Waals surface area contributed by atoms with Crippen molar-refractivity contribution >= 4 is 0 Å². The minimum Gasteiger partial charge on any atom is -0.309 e. The number of rotatable bonds is 1. The van der Waals surface area contributed by atoms with Gasteiger partial charge in [-0.05, 0) is 0 Å². The number of hydrogen-bond donors (Lipinski definition) is 1. The van der Waals surface area contributed by atoms with Crippen molar-refractivity contribution in [2.75, 3.05) is 27.2 Å². The van der Waals surface area contributed by atoms with E-state index in [0.717, 1.165) is 11.0 Å². The van der Waals surface area contributed by atoms with Gasteiger partial charge in [-0.1, -0.05) is 30.3 Å². The van der Waals surface area contributed by atoms with Crippen molar-refractivity contribution in [1.82, 2.24) is 5.32 Å². The van der Waals surface area contributed by atoms with Crippen LogP contribution < -0.4 is 5.32 Å². The molecule has 2 nitrogen and oxygen atoms in total. The lowest BCUT2D eigenvalue weighted by atomic mass is 10.1. The average Bonchev–Trinajstić information content (AvgIpc) is 2.47. The molecule has 1 aliphatic rings. The molecule has 1 fully saturated rings. The minimum absolute atomic E-state index is 0.473. The molecule has 1 aromatic carbocycles. The third kappa shape index (κ3) is 1.60. The maximum absolute atomic E-state index is 3.54. The molecule has 1 unspecified atom stereocenters. The highest BCUT2D eigenvalue weighted by Crippen LogP contribution is 2.25. The summed E-state index contributed by atoms with van der Waals surface area (Å²) >= 11 is 0. The molecule has 13 heavy (non-hydrogen) atoms. The molecule has 0 saturated carbocycles. The number of benzene rings is 1. The summed E-state index contributed by atoms with van der Waals surface area (Å²) < 4.78 is 1.05. The highest BCUT2D eigenvalue weighted by Gasteiger charge is 2.34. The second-order valence-electron chi connectivity index (χ2n) is 4.27. The largest absolute Gasteiger partial charge is 0.309 e. The molecule has 0 spiro atoms. The van der Waals surface area contributed by atoms with Gasteiger partial charge in [0.25, 0.3) is 0 Å². The van der Waals surface area contributed by atoms with Gasteiger partial charge in [-0.3, -0.25) is 5.32 Å². The molecule has 1 N–H and O–H groups in total. The van der Waals surface area contributed by atoms with Gasteiger partial charge in [0.05, 0.1) is 27.2 Å². The van der Waals surface area contributed by atoms with Gasteiger partial charge in [-0.15, -0.1) is 0 Å². The molecule has 1 heterocycles. The first-order valence-corrected chi connectivity index (χ1v) is 4.81. The van der Waals surface area contributed by atoms with Crippen molar-refractivity contribution in [3.8, 4) is 0 Å². The van der Waals surface area contributed by atoms with Crippen LogP contribution in [0, 0.1) is 0 Å². The summed E-state index contributed by atoms with van der Waals surface area (Å²) in [6.07, 6.45) is 0.473. The van der Waals surface area contributed by atoms with Gasteiger partial charge < -0.3 is 4.48 Å². The molecule has 1 atom stereocenters. The molecular weight excluding hydrogens is 160 g/mol. The summed E-state index contributed by atoms with van der Waals surface area (Å²) in [5, 5.41) is 3.54. The van der Waals surface area contributed by atoms with Crippen molar-refractivity contribution in [2.45, 2.75) is 6.17 Å². The summed E-state index contributed by atoms with van der Waals surface area (Å²) in [6, 6.07) is 10.7. The first-order valence-electron chi connectivity index (χ1n) is 4.81. The van der Waals surface area contributed by atoms with Crippen molar-refractivity contribution in [1.29, 1.82) is 0 Å². The van der Waals surface area contributed by atoms with Crippen LogP contribution in [0.3, 0.4) is 0 Å². The Bertz CT molecular complexity index is 279. The Morgan fingerprint density at radius 2 is 1.92 bits per heavy atom. The monoisotopic (exact) mass is 177 g/mol. The Labute approximate surface area is 79.8 Å². The van der Waals surface area contributed by atoms with Crippen LogP contribution in [0.5, 0.6) is 0 Å². The Hall–Kier alpha value is -0.860. The molecule has 0 aliphatic carbocycles. The molecule has 2 rings (SSSR count). The fraction of sp³-hybridized carbons (Fsp3) is 0.455. The first kappa shape index (κ1) is 8.73. The van der Waals surface area contributed by atoms with Crippen LogP contribution >= 0.6 is 0 Å². The lowest BCUT2D eigenvalue weighted by Gasteiger charge is -2.30. The smallest absolute Gasteiger partial charge is 0.169 e. The Balaban J connectivity index is 2.27. The lowest BCUT2D eigenvalue weighted by Crippen LogP contribution is -2.40. The Morgan fingerprint density at radius 3 is 2.46 bits per heavy atom. The highest BCUT2D eigenvalue weighted by molar-refractivity contribution is 5.17. The summed E-state index contributed by atoms with van der Waals surface area (Å²) in [7, 11) is 4.55. The highest BCUT2D eigenvalue weighted by atomic mass is 15.4. The van der Waals surface area contributed by atoms with Crippen LogP contribution in [0.2, 0.25) is 0 Å². The van der Waals surface area contributed by atoms with E-state index in [0.29, 0.717) is 6.17 Å². The second-order valence-corrected chi connectivity index (χ2v) is 4.27. The fourth-order valence-electron chi connectivity index (χ4n) is 2.02. The van der Waals surface area contributed by atoms with Gasteiger partial charge >= 0.3 is 0 Å². The number of likely N-dealkylation sites (N-methyl/N-ethyl adjacent to an activating group) is 1. The molecule has 0 aromatic heterocycles. The molecule has 0 radical (unpaired) electrons. The maximum atomic E-state index is 3.54. The lowest BCUT2D eigenvalue weighted by molar-refractivity contribution is -0.909. The van der Waals surface area contributed by atoms with Crippen molar-refractivity contribution in [2.24, 2.45) is 0 Å². The number of nitrogens with zero attached hydrogens (tertiary/aromatic N) is 1. The predicted molar refractivity (Wildman–Crippen MR) is 54.2 cm³/mol. The van der Waals surface area contributed by atoms with Crippen LogP contribution in [0.25, 0.3) is 0 Å². The summed E-state index contributed by atoms with van der Waals surface area (Å²) in [6.45, 7) is 2.33. The van der Waals surface area contributed by atoms with E-state index in [1.54, 1.807) is 0 Å². The normalized spacial score (nSPS) is 26.2. The van der Waals surface area contributed by atoms with E-state index in [9.17, 15) is 0 Å². The van der Waals surface area contributed by atoms with Crippen LogP contribution in [0.15, 0.2) is 30.3 Å². The summed E-state index contributed by atoms with van der Waals surface area (Å²) in [5.41, 5.74) is 1.39. The molecule has 0 amide bonds. The topological polar surface area (TPSA) is 12.0 Å². The second kappa shape index (κ2) is 3.13. The Morgan fingerprint density at radius 1 is 1.23 bits per heavy atom. The zero-order chi connectivity index (χ0) is 9.31. The molecule has 0 bridgehead atoms. The van der Waals surface area contributed by atoms with Gasteiger partial charge in [0.1, 0.15) is 0 Å². The van der Waals surface area contributed by atoms with Gasteiger partial charge in [-0.2, -0.15) is 0 Å². The Kier molecular flexibility index (Phi) is 2.10. The third-order valence-corrected chi connectivity index (χ3v) is 2.84. The predicted octanol–water partition coefficient (Wildman–Crippen LogP) is 1.36. The molecule has 1 saturated heterocycles. The van der Waals surface area contributed by atoms with E-state index in [2.05, 4.69) is 49.7 Å². The molecule has 1 aliphatic heterocycles. The van der Waals surface area contributed by atoms with Gasteiger partial charge in [0, 0.05) is 5.56 Å². The third-order valence-electron chi connectivity index (χ3n) is 2.84. The zero-order valence-electron chi connectivity index (χ0n) is 8.33. The van der Waals surface area contributed by atoms with Crippen LogP contribution in [-0.4, -0.2) is 31.7 Å². The SMILES string of the molecule is C[N+]1(C)CCNC1c1ccccc1. The van der Waals surface area contributed by atoms with Crippen molar-refractivity contribution in [3.05, 3.63) is 35.9 Å². The standard InChI is InChI=1S/C11H17N2/c1-13(2)9-8-12-11(13)10-6-4-3-5-7-10/h3-7,11-12H,8-9H2,1-2H3/q+1. The maximum Gasteiger partial charge on any atom is 0.169 e. The van der Waals surface area contributed by atoms with Crippen LogP contribution in [-0.2, 0) is 0 Å². The minimum atomic E-state index is 0.473. The molecule has 1 aromatic rings.